The summed E-state index contributed by atoms with van der Waals surface area (Å²) in [5, 5.41) is 18.0. The number of amidine groups is 1. The number of nitrogens with two attached hydrogens (primary N) is 1. The summed E-state index contributed by atoms with van der Waals surface area (Å²) in [6.07, 6.45) is 0. The molecule has 246 valence electrons. The van der Waals surface area contributed by atoms with Crippen LogP contribution in [0.2, 0.25) is 0 Å². The first-order valence-corrected chi connectivity index (χ1v) is 13.7. The van der Waals surface area contributed by atoms with Crippen LogP contribution >= 0.6 is 0 Å². The Balaban J connectivity index is 1.79. The summed E-state index contributed by atoms with van der Waals surface area (Å²) in [5.74, 6) is -8.29. The highest BCUT2D eigenvalue weighted by molar-refractivity contribution is 5.95. The van der Waals surface area contributed by atoms with Crippen LogP contribution in [0.25, 0.3) is 0 Å². The van der Waals surface area contributed by atoms with Gasteiger partial charge in [-0.25, -0.2) is 4.79 Å². The summed E-state index contributed by atoms with van der Waals surface area (Å²) in [6, 6.07) is 13.1. The van der Waals surface area contributed by atoms with Crippen LogP contribution in [-0.4, -0.2) is 74.2 Å². The highest BCUT2D eigenvalue weighted by atomic mass is 19.1. The predicted octanol–water partition coefficient (Wildman–Crippen LogP) is 5.24. The molecule has 0 saturated heterocycles. The van der Waals surface area contributed by atoms with Crippen molar-refractivity contribution in [3.63, 3.8) is 0 Å². The molecule has 0 unspecified atom stereocenters. The van der Waals surface area contributed by atoms with Crippen molar-refractivity contribution in [3.05, 3.63) is 89.0 Å². The molecule has 0 saturated carbocycles. The molecule has 0 fully saturated rings. The van der Waals surface area contributed by atoms with Crippen molar-refractivity contribution in [3.8, 4) is 46.3 Å². The zero-order valence-corrected chi connectivity index (χ0v) is 25.6. The minimum atomic E-state index is -1.45. The Bertz CT molecular complexity index is 1820. The van der Waals surface area contributed by atoms with Crippen molar-refractivity contribution in [1.82, 2.24) is 9.88 Å². The van der Waals surface area contributed by atoms with Crippen LogP contribution in [0.5, 0.6) is 46.3 Å². The van der Waals surface area contributed by atoms with E-state index in [9.17, 15) is 14.7 Å². The molecule has 1 heterocycles. The smallest absolute Gasteiger partial charge is 0.338 e. The monoisotopic (exact) mass is 652 g/mol. The molecule has 4 N–H and O–H groups in total. The molecule has 0 radical (unpaired) electrons. The fraction of sp³-hybridized carbons (Fsp3) is 0.188. The lowest BCUT2D eigenvalue weighted by molar-refractivity contribution is 0.0387. The second-order valence-electron chi connectivity index (χ2n) is 9.80. The molecule has 13 nitrogen and oxygen atoms in total. The van der Waals surface area contributed by atoms with Gasteiger partial charge in [0.2, 0.25) is 17.4 Å². The van der Waals surface area contributed by atoms with E-state index >= 15 is 8.78 Å². The Morgan fingerprint density at radius 3 is 2.19 bits per heavy atom. The van der Waals surface area contributed by atoms with Crippen molar-refractivity contribution in [2.24, 2.45) is 5.73 Å². The van der Waals surface area contributed by atoms with Gasteiger partial charge >= 0.3 is 5.97 Å². The lowest BCUT2D eigenvalue weighted by Gasteiger charge is -2.17. The number of benzene rings is 3. The second kappa shape index (κ2) is 14.9. The molecule has 4 aromatic rings. The molecule has 0 aliphatic carbocycles. The minimum absolute atomic E-state index is 0.00795. The largest absolute Gasteiger partial charge is 0.504 e. The molecule has 0 bridgehead atoms. The SMILES string of the molecule is COCCOC(=O)c1ccc(Oc2c(F)c(Oc3cccc(C(=O)N(C)C)c3)nc(Oc3cc(C(=N)N)ccc3O)c2F)c(OC)c1. The number of carbonyl (C=O) groups is 2. The predicted molar refractivity (Wildman–Crippen MR) is 163 cm³/mol. The van der Waals surface area contributed by atoms with Gasteiger partial charge < -0.3 is 44.2 Å². The number of rotatable bonds is 13. The second-order valence-corrected chi connectivity index (χ2v) is 9.80. The van der Waals surface area contributed by atoms with Crippen LogP contribution in [0, 0.1) is 17.0 Å². The number of nitrogens with one attached hydrogen (secondary N) is 1. The molecule has 3 aromatic carbocycles. The Morgan fingerprint density at radius 1 is 0.851 bits per heavy atom. The van der Waals surface area contributed by atoms with Crippen LogP contribution < -0.4 is 24.7 Å². The zero-order chi connectivity index (χ0) is 34.2. The maximum atomic E-state index is 16.0. The lowest BCUT2D eigenvalue weighted by Crippen LogP contribution is -2.21. The molecular formula is C32H30F2N4O9. The number of esters is 1. The molecule has 4 rings (SSSR count). The lowest BCUT2D eigenvalue weighted by atomic mass is 10.2. The number of phenols is 1. The normalized spacial score (nSPS) is 10.6. The maximum absolute atomic E-state index is 16.0. The number of carbonyl (C=O) groups excluding carboxylic acids is 2. The maximum Gasteiger partial charge on any atom is 0.338 e. The average Bonchev–Trinajstić information content (AvgIpc) is 3.05. The van der Waals surface area contributed by atoms with E-state index in [-0.39, 0.29) is 64.6 Å². The number of aromatic nitrogens is 1. The van der Waals surface area contributed by atoms with E-state index in [2.05, 4.69) is 4.98 Å². The molecule has 1 amide bonds. The topological polar surface area (TPSA) is 176 Å². The number of phenolic OH excluding ortho intramolecular Hbond substituents is 1. The van der Waals surface area contributed by atoms with E-state index in [1.165, 1.54) is 67.7 Å². The van der Waals surface area contributed by atoms with Crippen molar-refractivity contribution in [2.75, 3.05) is 41.5 Å². The van der Waals surface area contributed by atoms with Crippen molar-refractivity contribution in [2.45, 2.75) is 0 Å². The number of ether oxygens (including phenoxy) is 6. The number of halogens is 2. The van der Waals surface area contributed by atoms with Crippen LogP contribution in [-0.2, 0) is 9.47 Å². The molecule has 0 atom stereocenters. The highest BCUT2D eigenvalue weighted by Gasteiger charge is 2.28. The van der Waals surface area contributed by atoms with Crippen molar-refractivity contribution < 1.29 is 51.9 Å². The molecule has 47 heavy (non-hydrogen) atoms. The summed E-state index contributed by atoms with van der Waals surface area (Å²) in [6.45, 7) is 0.165. The number of methoxy groups -OCH3 is 2. The van der Waals surface area contributed by atoms with Gasteiger partial charge in [-0.1, -0.05) is 6.07 Å². The number of pyridine rings is 1. The van der Waals surface area contributed by atoms with E-state index in [1.54, 1.807) is 14.1 Å². The molecular weight excluding hydrogens is 622 g/mol. The highest BCUT2D eigenvalue weighted by Crippen LogP contribution is 2.43. The first kappa shape index (κ1) is 33.9. The van der Waals surface area contributed by atoms with E-state index in [0.717, 1.165) is 12.1 Å². The number of nitrogens with zero attached hydrogens (tertiary/aromatic N) is 2. The number of amides is 1. The summed E-state index contributed by atoms with van der Waals surface area (Å²) in [5.41, 5.74) is 5.92. The van der Waals surface area contributed by atoms with Crippen LogP contribution in [0.1, 0.15) is 26.3 Å². The first-order chi connectivity index (χ1) is 22.4. The Kier molecular flexibility index (Phi) is 10.7. The molecule has 0 spiro atoms. The van der Waals surface area contributed by atoms with Gasteiger partial charge in [-0.3, -0.25) is 10.2 Å². The van der Waals surface area contributed by atoms with Crippen LogP contribution in [0.15, 0.2) is 60.7 Å². The molecule has 0 aliphatic heterocycles. The third-order valence-corrected chi connectivity index (χ3v) is 6.29. The third kappa shape index (κ3) is 8.01. The van der Waals surface area contributed by atoms with Crippen molar-refractivity contribution in [1.29, 1.82) is 5.41 Å². The fourth-order valence-electron chi connectivity index (χ4n) is 3.93. The van der Waals surface area contributed by atoms with E-state index < -0.39 is 40.9 Å². The summed E-state index contributed by atoms with van der Waals surface area (Å²) < 4.78 is 63.9. The van der Waals surface area contributed by atoms with Gasteiger partial charge in [0.1, 0.15) is 18.2 Å². The number of nitrogen functional groups attached to an aromatic ring is 1. The van der Waals surface area contributed by atoms with Crippen LogP contribution in [0.3, 0.4) is 0 Å². The van der Waals surface area contributed by atoms with Gasteiger partial charge in [0.25, 0.3) is 17.7 Å². The van der Waals surface area contributed by atoms with E-state index in [4.69, 9.17) is 39.6 Å². The number of aromatic hydroxyl groups is 1. The minimum Gasteiger partial charge on any atom is -0.504 e. The average molecular weight is 653 g/mol. The fourth-order valence-corrected chi connectivity index (χ4v) is 3.93. The Morgan fingerprint density at radius 2 is 1.53 bits per heavy atom. The quantitative estimate of drug-likeness (QED) is 0.0745. The number of hydrogen-bond donors (Lipinski definition) is 3. The third-order valence-electron chi connectivity index (χ3n) is 6.29. The zero-order valence-electron chi connectivity index (χ0n) is 25.6. The van der Waals surface area contributed by atoms with Gasteiger partial charge in [-0.05, 0) is 54.6 Å². The van der Waals surface area contributed by atoms with Crippen LogP contribution in [0.4, 0.5) is 8.78 Å². The Hall–Kier alpha value is -5.96. The van der Waals surface area contributed by atoms with Gasteiger partial charge in [0.05, 0.1) is 19.3 Å². The Labute approximate surface area is 267 Å². The van der Waals surface area contributed by atoms with Gasteiger partial charge in [0, 0.05) is 32.3 Å². The molecule has 0 aliphatic rings. The van der Waals surface area contributed by atoms with Gasteiger partial charge in [-0.2, -0.15) is 13.8 Å². The van der Waals surface area contributed by atoms with E-state index in [0.29, 0.717) is 0 Å². The molecule has 15 heteroatoms. The van der Waals surface area contributed by atoms with Gasteiger partial charge in [-0.15, -0.1) is 0 Å². The first-order valence-electron chi connectivity index (χ1n) is 13.7. The number of hydrogen-bond acceptors (Lipinski definition) is 11. The summed E-state index contributed by atoms with van der Waals surface area (Å²) in [4.78, 5) is 30.0. The standard InChI is InChI=1S/C32H30F2N4O9/c1-38(2)31(40)18-6-5-7-20(14-18)45-29-25(33)27(26(34)30(37-29)47-23-15-17(28(35)36)8-10-21(23)39)46-22-11-9-19(16-24(22)43-4)32(41)44-13-12-42-3/h5-11,14-16,39H,12-13H2,1-4H3,(H3,35,36). The molecule has 1 aromatic heterocycles. The summed E-state index contributed by atoms with van der Waals surface area (Å²) >= 11 is 0. The van der Waals surface area contributed by atoms with Gasteiger partial charge in [0.15, 0.2) is 23.0 Å². The van der Waals surface area contributed by atoms with E-state index in [1.807, 2.05) is 0 Å². The summed E-state index contributed by atoms with van der Waals surface area (Å²) in [7, 11) is 5.79. The van der Waals surface area contributed by atoms with Crippen molar-refractivity contribution >= 4 is 17.7 Å².